The highest BCUT2D eigenvalue weighted by Crippen LogP contribution is 2.24. The Bertz CT molecular complexity index is 1690. The van der Waals surface area contributed by atoms with E-state index in [2.05, 4.69) is 21.3 Å². The monoisotopic (exact) mass is 819 g/mol. The molecule has 324 valence electrons. The summed E-state index contributed by atoms with van der Waals surface area (Å²) in [7, 11) is 1.22. The number of hydrogen-bond donors (Lipinski definition) is 4. The van der Waals surface area contributed by atoms with Crippen molar-refractivity contribution in [1.82, 2.24) is 26.2 Å². The number of alkyl carbamates (subject to hydrolysis) is 2. The number of benzene rings is 2. The zero-order valence-electron chi connectivity index (χ0n) is 36.0. The van der Waals surface area contributed by atoms with Crippen molar-refractivity contribution in [2.75, 3.05) is 20.2 Å². The van der Waals surface area contributed by atoms with E-state index in [1.54, 1.807) is 39.5 Å². The van der Waals surface area contributed by atoms with Crippen molar-refractivity contribution in [3.8, 4) is 0 Å². The average molecular weight is 820 g/mol. The molecule has 0 aromatic heterocycles. The lowest BCUT2D eigenvalue weighted by atomic mass is 9.94. The van der Waals surface area contributed by atoms with Gasteiger partial charge in [0.05, 0.1) is 19.1 Å². The molecule has 1 fully saturated rings. The van der Waals surface area contributed by atoms with E-state index in [1.165, 1.54) is 7.11 Å². The van der Waals surface area contributed by atoms with Crippen molar-refractivity contribution >= 4 is 35.9 Å². The maximum Gasteiger partial charge on any atom is 0.408 e. The fraction of sp³-hybridized carbons (Fsp3) is 0.556. The van der Waals surface area contributed by atoms with Gasteiger partial charge in [-0.25, -0.2) is 14.4 Å². The molecule has 3 rings (SSSR count). The van der Waals surface area contributed by atoms with Crippen molar-refractivity contribution in [2.24, 2.45) is 17.8 Å². The fourth-order valence-corrected chi connectivity index (χ4v) is 6.75. The summed E-state index contributed by atoms with van der Waals surface area (Å²) in [5.41, 5.74) is 1.11. The SMILES string of the molecule is COC(=O)[C@H](CCCNC(=O)OCc1ccccc1)NC(=O)[C@@H](NC(=O)[C@H]1CCCN1C(=O)[C@H](/C=C/[C@H](CC(C)C)NC(=O)OC(C)(C)C)Cc1ccccc1)C(C)C. The first-order valence-electron chi connectivity index (χ1n) is 20.6. The maximum atomic E-state index is 14.4. The minimum absolute atomic E-state index is 0.113. The van der Waals surface area contributed by atoms with E-state index in [0.29, 0.717) is 38.6 Å². The number of likely N-dealkylation sites (tertiary alicyclic amines) is 1. The molecule has 1 aliphatic rings. The van der Waals surface area contributed by atoms with E-state index >= 15 is 0 Å². The van der Waals surface area contributed by atoms with E-state index in [4.69, 9.17) is 14.2 Å². The molecule has 2 aromatic carbocycles. The lowest BCUT2D eigenvalue weighted by Gasteiger charge is -2.30. The van der Waals surface area contributed by atoms with Crippen LogP contribution >= 0.6 is 0 Å². The van der Waals surface area contributed by atoms with E-state index in [-0.39, 0.29) is 37.3 Å². The molecular weight excluding hydrogens is 755 g/mol. The van der Waals surface area contributed by atoms with E-state index in [1.807, 2.05) is 86.7 Å². The Morgan fingerprint density at radius 1 is 0.847 bits per heavy atom. The summed E-state index contributed by atoms with van der Waals surface area (Å²) in [4.78, 5) is 81.2. The zero-order chi connectivity index (χ0) is 43.5. The van der Waals surface area contributed by atoms with Gasteiger partial charge in [-0.15, -0.1) is 0 Å². The Hall–Kier alpha value is -5.40. The first-order chi connectivity index (χ1) is 28.0. The lowest BCUT2D eigenvalue weighted by Crippen LogP contribution is -2.57. The second-order valence-electron chi connectivity index (χ2n) is 16.7. The summed E-state index contributed by atoms with van der Waals surface area (Å²) in [6.07, 6.45) is 4.97. The van der Waals surface area contributed by atoms with Gasteiger partial charge >= 0.3 is 18.2 Å². The lowest BCUT2D eigenvalue weighted by molar-refractivity contribution is -0.146. The number of carbonyl (C=O) groups excluding carboxylic acids is 6. The fourth-order valence-electron chi connectivity index (χ4n) is 6.75. The predicted molar refractivity (Wildman–Crippen MR) is 225 cm³/mol. The van der Waals surface area contributed by atoms with Crippen LogP contribution in [0.3, 0.4) is 0 Å². The zero-order valence-corrected chi connectivity index (χ0v) is 36.0. The van der Waals surface area contributed by atoms with Gasteiger partial charge in [0.1, 0.15) is 30.3 Å². The summed E-state index contributed by atoms with van der Waals surface area (Å²) in [5.74, 6) is -2.73. The molecule has 1 heterocycles. The van der Waals surface area contributed by atoms with Crippen molar-refractivity contribution in [1.29, 1.82) is 0 Å². The van der Waals surface area contributed by atoms with Crippen molar-refractivity contribution in [2.45, 2.75) is 123 Å². The Morgan fingerprint density at radius 3 is 2.08 bits per heavy atom. The Morgan fingerprint density at radius 2 is 1.49 bits per heavy atom. The van der Waals surface area contributed by atoms with Crippen LogP contribution in [0.15, 0.2) is 72.8 Å². The second-order valence-corrected chi connectivity index (χ2v) is 16.7. The van der Waals surface area contributed by atoms with Crippen LogP contribution in [-0.2, 0) is 46.4 Å². The molecule has 0 radical (unpaired) electrons. The molecule has 0 unspecified atom stereocenters. The standard InChI is InChI=1S/C45H65N5O9/c1-30(2)27-35(47-44(56)59-45(5,6)7)24-23-34(28-32-17-11-9-12-18-32)41(53)50-26-16-22-37(50)39(51)49-38(31(3)4)40(52)48-36(42(54)57-8)21-15-25-46-43(55)58-29-33-19-13-10-14-20-33/h9-14,17-20,23-24,30-31,34-38H,15-16,21-22,25-29H2,1-8H3,(H,46,55)(H,47,56)(H,48,52)(H,49,51)/b24-23+/t34-,35-,36+,37-,38+/m1/s1. The number of esters is 1. The normalized spacial score (nSPS) is 16.2. The molecule has 4 N–H and O–H groups in total. The first kappa shape index (κ1) is 48.0. The van der Waals surface area contributed by atoms with Crippen LogP contribution in [0.5, 0.6) is 0 Å². The molecule has 0 bridgehead atoms. The van der Waals surface area contributed by atoms with Gasteiger partial charge in [0.25, 0.3) is 0 Å². The molecule has 0 aliphatic carbocycles. The van der Waals surface area contributed by atoms with Crippen LogP contribution in [0.25, 0.3) is 0 Å². The molecule has 14 nitrogen and oxygen atoms in total. The summed E-state index contributed by atoms with van der Waals surface area (Å²) >= 11 is 0. The van der Waals surface area contributed by atoms with Crippen molar-refractivity contribution in [3.63, 3.8) is 0 Å². The molecule has 0 spiro atoms. The first-order valence-corrected chi connectivity index (χ1v) is 20.6. The highest BCUT2D eigenvalue weighted by Gasteiger charge is 2.39. The highest BCUT2D eigenvalue weighted by molar-refractivity contribution is 5.94. The number of nitrogens with one attached hydrogen (secondary N) is 4. The minimum Gasteiger partial charge on any atom is -0.467 e. The van der Waals surface area contributed by atoms with E-state index in [0.717, 1.165) is 11.1 Å². The van der Waals surface area contributed by atoms with Crippen molar-refractivity contribution in [3.05, 3.63) is 83.9 Å². The van der Waals surface area contributed by atoms with Crippen LogP contribution in [0, 0.1) is 17.8 Å². The van der Waals surface area contributed by atoms with E-state index < -0.39 is 65.7 Å². The smallest absolute Gasteiger partial charge is 0.408 e. The predicted octanol–water partition coefficient (Wildman–Crippen LogP) is 5.84. The third-order valence-electron chi connectivity index (χ3n) is 9.66. The van der Waals surface area contributed by atoms with Crippen molar-refractivity contribution < 1.29 is 43.0 Å². The third-order valence-corrected chi connectivity index (χ3v) is 9.66. The van der Waals surface area contributed by atoms with Gasteiger partial charge in [-0.2, -0.15) is 0 Å². The number of nitrogens with zero attached hydrogens (tertiary/aromatic N) is 1. The molecule has 1 aliphatic heterocycles. The van der Waals surface area contributed by atoms with Crippen LogP contribution in [-0.4, -0.2) is 90.7 Å². The molecular formula is C45H65N5O9. The Labute approximate surface area is 349 Å². The number of carbonyl (C=O) groups is 6. The highest BCUT2D eigenvalue weighted by atomic mass is 16.6. The Balaban J connectivity index is 1.69. The maximum absolute atomic E-state index is 14.4. The summed E-state index contributed by atoms with van der Waals surface area (Å²) in [6, 6.07) is 15.6. The molecule has 2 aromatic rings. The van der Waals surface area contributed by atoms with Gasteiger partial charge in [0.2, 0.25) is 17.7 Å². The Kier molecular flexibility index (Phi) is 19.4. The van der Waals surface area contributed by atoms with Gasteiger partial charge in [-0.3, -0.25) is 14.4 Å². The number of amides is 5. The van der Waals surface area contributed by atoms with Gasteiger partial charge in [-0.05, 0) is 82.3 Å². The van der Waals surface area contributed by atoms with Gasteiger partial charge < -0.3 is 40.4 Å². The molecule has 59 heavy (non-hydrogen) atoms. The van der Waals surface area contributed by atoms with Crippen LogP contribution in [0.1, 0.15) is 91.7 Å². The summed E-state index contributed by atoms with van der Waals surface area (Å²) < 4.78 is 15.7. The molecule has 1 saturated heterocycles. The minimum atomic E-state index is -1.03. The molecule has 5 amide bonds. The van der Waals surface area contributed by atoms with Crippen LogP contribution in [0.4, 0.5) is 9.59 Å². The topological polar surface area (TPSA) is 181 Å². The van der Waals surface area contributed by atoms with E-state index in [9.17, 15) is 28.8 Å². The average Bonchev–Trinajstić information content (AvgIpc) is 3.68. The van der Waals surface area contributed by atoms with Gasteiger partial charge in [0, 0.05) is 13.1 Å². The number of rotatable bonds is 20. The third kappa shape index (κ3) is 17.2. The molecule has 0 saturated carbocycles. The summed E-state index contributed by atoms with van der Waals surface area (Å²) in [5, 5.41) is 11.2. The molecule has 5 atom stereocenters. The quantitative estimate of drug-likeness (QED) is 0.0553. The van der Waals surface area contributed by atoms with Gasteiger partial charge in [0.15, 0.2) is 0 Å². The molecule has 14 heteroatoms. The van der Waals surface area contributed by atoms with Gasteiger partial charge in [-0.1, -0.05) is 101 Å². The van der Waals surface area contributed by atoms with Crippen LogP contribution in [0.2, 0.25) is 0 Å². The van der Waals surface area contributed by atoms with Crippen LogP contribution < -0.4 is 21.3 Å². The number of ether oxygens (including phenoxy) is 3. The summed E-state index contributed by atoms with van der Waals surface area (Å²) in [6.45, 7) is 13.7. The second kappa shape index (κ2) is 23.9. The number of methoxy groups -OCH3 is 1. The largest absolute Gasteiger partial charge is 0.467 e. The number of hydrogen-bond acceptors (Lipinski definition) is 9.